The molecule has 0 saturated heterocycles. The van der Waals surface area contributed by atoms with Gasteiger partial charge < -0.3 is 10.1 Å². The third-order valence-corrected chi connectivity index (χ3v) is 4.10. The first kappa shape index (κ1) is 17.8. The van der Waals surface area contributed by atoms with Crippen molar-refractivity contribution in [3.8, 4) is 0 Å². The highest BCUT2D eigenvalue weighted by Crippen LogP contribution is 1.97. The molecule has 0 aliphatic heterocycles. The van der Waals surface area contributed by atoms with Gasteiger partial charge in [-0.2, -0.15) is 17.4 Å². The Morgan fingerprint density at radius 1 is 1.28 bits per heavy atom. The summed E-state index contributed by atoms with van der Waals surface area (Å²) in [6.07, 6.45) is 0.658. The van der Waals surface area contributed by atoms with Crippen molar-refractivity contribution in [1.82, 2.24) is 14.3 Å². The lowest BCUT2D eigenvalue weighted by molar-refractivity contribution is 0.121. The fourth-order valence-electron chi connectivity index (χ4n) is 1.23. The number of methoxy groups -OCH3 is 1. The predicted molar refractivity (Wildman–Crippen MR) is 73.8 cm³/mol. The van der Waals surface area contributed by atoms with E-state index in [9.17, 15) is 8.42 Å². The van der Waals surface area contributed by atoms with Crippen LogP contribution in [-0.2, 0) is 14.9 Å². The fourth-order valence-corrected chi connectivity index (χ4v) is 2.26. The molecule has 0 aromatic heterocycles. The largest absolute Gasteiger partial charge is 0.380 e. The Hall–Kier alpha value is -0.210. The highest BCUT2D eigenvalue weighted by Gasteiger charge is 2.17. The van der Waals surface area contributed by atoms with Gasteiger partial charge in [-0.3, -0.25) is 0 Å². The van der Waals surface area contributed by atoms with Gasteiger partial charge in [-0.25, -0.2) is 0 Å². The van der Waals surface area contributed by atoms with Gasteiger partial charge >= 0.3 is 0 Å². The molecule has 1 unspecified atom stereocenters. The molecule has 1 atom stereocenters. The molecule has 0 aromatic rings. The van der Waals surface area contributed by atoms with Crippen molar-refractivity contribution in [1.29, 1.82) is 0 Å². The van der Waals surface area contributed by atoms with Gasteiger partial charge in [-0.15, -0.1) is 0 Å². The molecule has 0 aliphatic carbocycles. The highest BCUT2D eigenvalue weighted by molar-refractivity contribution is 7.87. The topological polar surface area (TPSA) is 70.7 Å². The maximum atomic E-state index is 11.8. The van der Waals surface area contributed by atoms with Gasteiger partial charge in [0.25, 0.3) is 10.2 Å². The average molecular weight is 281 g/mol. The van der Waals surface area contributed by atoms with Crippen LogP contribution in [0.3, 0.4) is 0 Å². The molecule has 0 spiro atoms. The normalized spacial score (nSPS) is 14.4. The summed E-state index contributed by atoms with van der Waals surface area (Å²) in [6, 6.07) is 0.424. The first-order chi connectivity index (χ1) is 8.29. The molecule has 0 heterocycles. The number of nitrogens with zero attached hydrogens (tertiary/aromatic N) is 1. The molecule has 0 saturated carbocycles. The van der Waals surface area contributed by atoms with Crippen LogP contribution < -0.4 is 10.0 Å². The van der Waals surface area contributed by atoms with E-state index in [0.29, 0.717) is 12.6 Å². The van der Waals surface area contributed by atoms with Gasteiger partial charge in [0, 0.05) is 33.3 Å². The minimum absolute atomic E-state index is 0.129. The molecule has 0 rings (SSSR count). The predicted octanol–water partition coefficient (Wildman–Crippen LogP) is 0.176. The monoisotopic (exact) mass is 281 g/mol. The number of hydrogen-bond donors (Lipinski definition) is 2. The summed E-state index contributed by atoms with van der Waals surface area (Å²) in [6.45, 7) is 7.53. The third-order valence-electron chi connectivity index (χ3n) is 2.57. The Morgan fingerprint density at radius 3 is 2.39 bits per heavy atom. The van der Waals surface area contributed by atoms with E-state index in [1.54, 1.807) is 14.2 Å². The van der Waals surface area contributed by atoms with E-state index in [1.165, 1.54) is 4.31 Å². The average Bonchev–Trinajstić information content (AvgIpc) is 2.31. The van der Waals surface area contributed by atoms with E-state index in [-0.39, 0.29) is 12.6 Å². The summed E-state index contributed by atoms with van der Waals surface area (Å²) < 4.78 is 32.5. The lowest BCUT2D eigenvalue weighted by Gasteiger charge is -2.19. The Balaban J connectivity index is 3.95. The SMILES string of the molecule is COC(C)CNS(=O)(=O)N(C)CCCNC(C)C. The van der Waals surface area contributed by atoms with Crippen LogP contribution in [0.4, 0.5) is 0 Å². The zero-order valence-corrected chi connectivity index (χ0v) is 12.9. The summed E-state index contributed by atoms with van der Waals surface area (Å²) in [4.78, 5) is 0. The molecule has 0 fully saturated rings. The van der Waals surface area contributed by atoms with E-state index in [2.05, 4.69) is 23.9 Å². The lowest BCUT2D eigenvalue weighted by atomic mass is 10.3. The number of hydrogen-bond acceptors (Lipinski definition) is 4. The molecule has 0 aliphatic rings. The maximum absolute atomic E-state index is 11.8. The van der Waals surface area contributed by atoms with E-state index in [1.807, 2.05) is 6.92 Å². The van der Waals surface area contributed by atoms with E-state index in [0.717, 1.165) is 13.0 Å². The van der Waals surface area contributed by atoms with E-state index in [4.69, 9.17) is 4.74 Å². The second-order valence-electron chi connectivity index (χ2n) is 4.68. The van der Waals surface area contributed by atoms with Crippen molar-refractivity contribution in [3.63, 3.8) is 0 Å². The molecule has 0 aromatic carbocycles. The number of rotatable bonds is 10. The van der Waals surface area contributed by atoms with Crippen LogP contribution in [-0.4, -0.2) is 58.7 Å². The summed E-state index contributed by atoms with van der Waals surface area (Å²) in [5, 5.41) is 3.25. The van der Waals surface area contributed by atoms with Crippen molar-refractivity contribution in [2.75, 3.05) is 33.8 Å². The molecule has 7 heteroatoms. The number of ether oxygens (including phenoxy) is 1. The van der Waals surface area contributed by atoms with Crippen molar-refractivity contribution >= 4 is 10.2 Å². The summed E-state index contributed by atoms with van der Waals surface area (Å²) in [7, 11) is -0.256. The van der Waals surface area contributed by atoms with Crippen molar-refractivity contribution in [2.45, 2.75) is 39.3 Å². The molecular formula is C11H27N3O3S. The lowest BCUT2D eigenvalue weighted by Crippen LogP contribution is -2.42. The summed E-state index contributed by atoms with van der Waals surface area (Å²) in [5.74, 6) is 0. The van der Waals surface area contributed by atoms with Gasteiger partial charge in [0.15, 0.2) is 0 Å². The number of nitrogens with one attached hydrogen (secondary N) is 2. The molecule has 6 nitrogen and oxygen atoms in total. The Bertz CT molecular complexity index is 307. The first-order valence-electron chi connectivity index (χ1n) is 6.26. The van der Waals surface area contributed by atoms with Crippen molar-refractivity contribution < 1.29 is 13.2 Å². The Labute approximate surface area is 111 Å². The minimum atomic E-state index is -3.39. The van der Waals surface area contributed by atoms with Gasteiger partial charge in [0.2, 0.25) is 0 Å². The highest BCUT2D eigenvalue weighted by atomic mass is 32.2. The van der Waals surface area contributed by atoms with Gasteiger partial charge in [-0.05, 0) is 19.9 Å². The van der Waals surface area contributed by atoms with Crippen LogP contribution in [0.25, 0.3) is 0 Å². The minimum Gasteiger partial charge on any atom is -0.380 e. The van der Waals surface area contributed by atoms with Crippen molar-refractivity contribution in [3.05, 3.63) is 0 Å². The molecule has 2 N–H and O–H groups in total. The van der Waals surface area contributed by atoms with Gasteiger partial charge in [-0.1, -0.05) is 13.8 Å². The summed E-state index contributed by atoms with van der Waals surface area (Å²) in [5.41, 5.74) is 0. The van der Waals surface area contributed by atoms with Crippen LogP contribution in [0.1, 0.15) is 27.2 Å². The van der Waals surface area contributed by atoms with E-state index >= 15 is 0 Å². The zero-order chi connectivity index (χ0) is 14.2. The van der Waals surface area contributed by atoms with Crippen LogP contribution in [0.5, 0.6) is 0 Å². The van der Waals surface area contributed by atoms with Crippen molar-refractivity contribution in [2.24, 2.45) is 0 Å². The smallest absolute Gasteiger partial charge is 0.279 e. The Kier molecular flexibility index (Phi) is 8.71. The summed E-state index contributed by atoms with van der Waals surface area (Å²) >= 11 is 0. The van der Waals surface area contributed by atoms with Crippen LogP contribution in [0, 0.1) is 0 Å². The third kappa shape index (κ3) is 7.99. The quantitative estimate of drug-likeness (QED) is 0.560. The van der Waals surface area contributed by atoms with Gasteiger partial charge in [0.05, 0.1) is 6.10 Å². The molecule has 18 heavy (non-hydrogen) atoms. The standard InChI is InChI=1S/C11H27N3O3S/c1-10(2)12-7-6-8-14(4)18(15,16)13-9-11(3)17-5/h10-13H,6-9H2,1-5H3. The van der Waals surface area contributed by atoms with E-state index < -0.39 is 10.2 Å². The zero-order valence-electron chi connectivity index (χ0n) is 12.1. The first-order valence-corrected chi connectivity index (χ1v) is 7.70. The van der Waals surface area contributed by atoms with Crippen LogP contribution in [0.2, 0.25) is 0 Å². The van der Waals surface area contributed by atoms with Crippen LogP contribution >= 0.6 is 0 Å². The Morgan fingerprint density at radius 2 is 1.89 bits per heavy atom. The van der Waals surface area contributed by atoms with Crippen LogP contribution in [0.15, 0.2) is 0 Å². The second-order valence-corrected chi connectivity index (χ2v) is 6.55. The molecule has 0 amide bonds. The van der Waals surface area contributed by atoms with Gasteiger partial charge in [0.1, 0.15) is 0 Å². The molecule has 0 radical (unpaired) electrons. The molecular weight excluding hydrogens is 254 g/mol. The molecule has 110 valence electrons. The second kappa shape index (κ2) is 8.82. The molecule has 0 bridgehead atoms. The maximum Gasteiger partial charge on any atom is 0.279 e. The fraction of sp³-hybridized carbons (Fsp3) is 1.00.